The molecule has 0 amide bonds. The molecule has 0 bridgehead atoms. The van der Waals surface area contributed by atoms with E-state index in [1.165, 1.54) is 0 Å². The molecule has 104 valence electrons. The van der Waals surface area contributed by atoms with Gasteiger partial charge in [-0.25, -0.2) is 0 Å². The van der Waals surface area contributed by atoms with Crippen molar-refractivity contribution in [1.29, 1.82) is 0 Å². The van der Waals surface area contributed by atoms with Crippen LogP contribution < -0.4 is 10.1 Å². The summed E-state index contributed by atoms with van der Waals surface area (Å²) in [5.41, 5.74) is 1.66. The molecule has 1 aromatic carbocycles. The zero-order chi connectivity index (χ0) is 14.0. The molecule has 1 fully saturated rings. The number of aryl methyl sites for hydroxylation is 1. The van der Waals surface area contributed by atoms with Crippen LogP contribution >= 0.6 is 0 Å². The third-order valence-electron chi connectivity index (χ3n) is 3.49. The largest absolute Gasteiger partial charge is 0.484 e. The summed E-state index contributed by atoms with van der Waals surface area (Å²) in [6.07, 6.45) is 0.0332. The number of carboxylic acid groups (broad SMARTS) is 1. The van der Waals surface area contributed by atoms with Gasteiger partial charge >= 0.3 is 5.97 Å². The number of hydrogen-bond acceptors (Lipinski definition) is 3. The predicted molar refractivity (Wildman–Crippen MR) is 73.7 cm³/mol. The Bertz CT molecular complexity index is 478. The van der Waals surface area contributed by atoms with E-state index in [-0.39, 0.29) is 6.42 Å². The van der Waals surface area contributed by atoms with E-state index in [4.69, 9.17) is 9.84 Å². The molecule has 0 radical (unpaired) electrons. The number of rotatable bonds is 5. The molecule has 0 unspecified atom stereocenters. The lowest BCUT2D eigenvalue weighted by Gasteiger charge is -2.42. The van der Waals surface area contributed by atoms with Gasteiger partial charge in [0.15, 0.2) is 0 Å². The summed E-state index contributed by atoms with van der Waals surface area (Å²) in [5.74, 6) is 0.350. The van der Waals surface area contributed by atoms with Crippen LogP contribution in [0.2, 0.25) is 0 Å². The lowest BCUT2D eigenvalue weighted by Crippen LogP contribution is -2.64. The van der Waals surface area contributed by atoms with E-state index in [1.54, 1.807) is 0 Å². The van der Waals surface area contributed by atoms with Crippen molar-refractivity contribution >= 4 is 5.97 Å². The van der Waals surface area contributed by atoms with Gasteiger partial charge in [0, 0.05) is 13.1 Å². The minimum atomic E-state index is -0.819. The second kappa shape index (κ2) is 5.21. The standard InChI is InChI=1S/C15H21NO3/c1-10(2)12-5-4-11(3)6-13(12)19-15(7-14(17)18)8-16-9-15/h4-6,10,16H,7-9H2,1-3H3,(H,17,18). The molecule has 0 spiro atoms. The summed E-state index contributed by atoms with van der Waals surface area (Å²) in [6.45, 7) is 7.41. The fourth-order valence-corrected chi connectivity index (χ4v) is 2.35. The van der Waals surface area contributed by atoms with Crippen molar-refractivity contribution in [2.45, 2.75) is 38.7 Å². The van der Waals surface area contributed by atoms with Gasteiger partial charge in [-0.05, 0) is 30.0 Å². The molecule has 0 aliphatic carbocycles. The van der Waals surface area contributed by atoms with Gasteiger partial charge < -0.3 is 15.2 Å². The molecule has 0 aromatic heterocycles. The summed E-state index contributed by atoms with van der Waals surface area (Å²) in [6, 6.07) is 6.12. The van der Waals surface area contributed by atoms with Crippen LogP contribution in [0.5, 0.6) is 5.75 Å². The molecule has 0 atom stereocenters. The minimum Gasteiger partial charge on any atom is -0.484 e. The Balaban J connectivity index is 2.26. The minimum absolute atomic E-state index is 0.0332. The highest BCUT2D eigenvalue weighted by Gasteiger charge is 2.42. The SMILES string of the molecule is Cc1ccc(C(C)C)c(OC2(CC(=O)O)CNC2)c1. The first kappa shape index (κ1) is 13.9. The van der Waals surface area contributed by atoms with Crippen molar-refractivity contribution in [3.8, 4) is 5.75 Å². The number of ether oxygens (including phenoxy) is 1. The summed E-state index contributed by atoms with van der Waals surface area (Å²) < 4.78 is 6.08. The third kappa shape index (κ3) is 3.07. The van der Waals surface area contributed by atoms with Gasteiger partial charge in [-0.2, -0.15) is 0 Å². The lowest BCUT2D eigenvalue weighted by molar-refractivity contribution is -0.143. The van der Waals surface area contributed by atoms with E-state index in [0.717, 1.165) is 16.9 Å². The maximum absolute atomic E-state index is 11.0. The van der Waals surface area contributed by atoms with Crippen LogP contribution in [0.3, 0.4) is 0 Å². The fraction of sp³-hybridized carbons (Fsp3) is 0.533. The highest BCUT2D eigenvalue weighted by Crippen LogP contribution is 2.32. The van der Waals surface area contributed by atoms with E-state index in [2.05, 4.69) is 31.3 Å². The van der Waals surface area contributed by atoms with Crippen LogP contribution in [-0.4, -0.2) is 29.8 Å². The van der Waals surface area contributed by atoms with Crippen molar-refractivity contribution in [3.63, 3.8) is 0 Å². The summed E-state index contributed by atoms with van der Waals surface area (Å²) >= 11 is 0. The molecule has 4 heteroatoms. The van der Waals surface area contributed by atoms with E-state index in [1.807, 2.05) is 13.0 Å². The Morgan fingerprint density at radius 3 is 2.63 bits per heavy atom. The van der Waals surface area contributed by atoms with Crippen LogP contribution in [0, 0.1) is 6.92 Å². The van der Waals surface area contributed by atoms with Crippen LogP contribution in [-0.2, 0) is 4.79 Å². The maximum atomic E-state index is 11.0. The Kier molecular flexibility index (Phi) is 3.80. The van der Waals surface area contributed by atoms with E-state index < -0.39 is 11.6 Å². The fourth-order valence-electron chi connectivity index (χ4n) is 2.35. The molecular formula is C15H21NO3. The van der Waals surface area contributed by atoms with Crippen molar-refractivity contribution < 1.29 is 14.6 Å². The number of hydrogen-bond donors (Lipinski definition) is 2. The molecule has 1 saturated heterocycles. The quantitative estimate of drug-likeness (QED) is 0.856. The van der Waals surface area contributed by atoms with Crippen LogP contribution in [0.1, 0.15) is 37.3 Å². The highest BCUT2D eigenvalue weighted by molar-refractivity contribution is 5.68. The van der Waals surface area contributed by atoms with E-state index in [0.29, 0.717) is 19.0 Å². The van der Waals surface area contributed by atoms with Gasteiger partial charge in [0.25, 0.3) is 0 Å². The first-order valence-corrected chi connectivity index (χ1v) is 6.64. The van der Waals surface area contributed by atoms with E-state index >= 15 is 0 Å². The van der Waals surface area contributed by atoms with Crippen molar-refractivity contribution in [1.82, 2.24) is 5.32 Å². The molecule has 2 N–H and O–H groups in total. The van der Waals surface area contributed by atoms with Gasteiger partial charge in [-0.1, -0.05) is 26.0 Å². The second-order valence-electron chi connectivity index (χ2n) is 5.66. The van der Waals surface area contributed by atoms with Crippen molar-refractivity contribution in [2.75, 3.05) is 13.1 Å². The molecule has 4 nitrogen and oxygen atoms in total. The molecule has 1 aromatic rings. The number of nitrogens with one attached hydrogen (secondary N) is 1. The van der Waals surface area contributed by atoms with Gasteiger partial charge in [0.2, 0.25) is 0 Å². The molecule has 19 heavy (non-hydrogen) atoms. The Morgan fingerprint density at radius 1 is 1.47 bits per heavy atom. The number of benzene rings is 1. The topological polar surface area (TPSA) is 58.6 Å². The molecular weight excluding hydrogens is 242 g/mol. The number of aliphatic carboxylic acids is 1. The smallest absolute Gasteiger partial charge is 0.307 e. The Labute approximate surface area is 113 Å². The third-order valence-corrected chi connectivity index (χ3v) is 3.49. The van der Waals surface area contributed by atoms with Gasteiger partial charge in [0.05, 0.1) is 6.42 Å². The lowest BCUT2D eigenvalue weighted by atomic mass is 9.92. The first-order valence-electron chi connectivity index (χ1n) is 6.64. The van der Waals surface area contributed by atoms with Crippen molar-refractivity contribution in [3.05, 3.63) is 29.3 Å². The number of carbonyl (C=O) groups is 1. The zero-order valence-corrected chi connectivity index (χ0v) is 11.7. The molecule has 1 aliphatic heterocycles. The second-order valence-corrected chi connectivity index (χ2v) is 5.66. The normalized spacial score (nSPS) is 17.1. The zero-order valence-electron chi connectivity index (χ0n) is 11.7. The molecule has 1 heterocycles. The summed E-state index contributed by atoms with van der Waals surface area (Å²) in [5, 5.41) is 12.1. The average Bonchev–Trinajstić information content (AvgIpc) is 2.25. The summed E-state index contributed by atoms with van der Waals surface area (Å²) in [7, 11) is 0. The van der Waals surface area contributed by atoms with Crippen LogP contribution in [0.25, 0.3) is 0 Å². The van der Waals surface area contributed by atoms with Gasteiger partial charge in [-0.15, -0.1) is 0 Å². The highest BCUT2D eigenvalue weighted by atomic mass is 16.5. The predicted octanol–water partition coefficient (Wildman–Crippen LogP) is 2.31. The summed E-state index contributed by atoms with van der Waals surface area (Å²) in [4.78, 5) is 11.0. The van der Waals surface area contributed by atoms with Gasteiger partial charge in [0.1, 0.15) is 11.4 Å². The molecule has 2 rings (SSSR count). The maximum Gasteiger partial charge on any atom is 0.307 e. The first-order chi connectivity index (χ1) is 8.92. The van der Waals surface area contributed by atoms with Crippen molar-refractivity contribution in [2.24, 2.45) is 0 Å². The van der Waals surface area contributed by atoms with E-state index in [9.17, 15) is 4.79 Å². The molecule has 1 aliphatic rings. The van der Waals surface area contributed by atoms with Crippen LogP contribution in [0.15, 0.2) is 18.2 Å². The molecule has 0 saturated carbocycles. The average molecular weight is 263 g/mol. The Hall–Kier alpha value is -1.55. The van der Waals surface area contributed by atoms with Gasteiger partial charge in [-0.3, -0.25) is 4.79 Å². The number of carboxylic acids is 1. The monoisotopic (exact) mass is 263 g/mol. The Morgan fingerprint density at radius 2 is 2.16 bits per heavy atom. The van der Waals surface area contributed by atoms with Crippen LogP contribution in [0.4, 0.5) is 0 Å².